The Kier molecular flexibility index (Phi) is 3.76. The molecule has 0 atom stereocenters. The van der Waals surface area contributed by atoms with Crippen molar-refractivity contribution in [2.75, 3.05) is 0 Å². The van der Waals surface area contributed by atoms with Crippen LogP contribution in [0.1, 0.15) is 31.8 Å². The maximum absolute atomic E-state index is 12.1. The molecule has 19 heavy (non-hydrogen) atoms. The Balaban J connectivity index is 2.15. The van der Waals surface area contributed by atoms with E-state index in [0.29, 0.717) is 5.56 Å². The van der Waals surface area contributed by atoms with Crippen molar-refractivity contribution in [2.24, 2.45) is 0 Å². The normalized spacial score (nSPS) is 10.2. The summed E-state index contributed by atoms with van der Waals surface area (Å²) in [6, 6.07) is 13.8. The van der Waals surface area contributed by atoms with Gasteiger partial charge >= 0.3 is 5.97 Å². The van der Waals surface area contributed by atoms with Crippen LogP contribution in [0.25, 0.3) is 0 Å². The van der Waals surface area contributed by atoms with E-state index in [1.54, 1.807) is 12.1 Å². The van der Waals surface area contributed by atoms with E-state index in [4.69, 9.17) is 5.11 Å². The van der Waals surface area contributed by atoms with Crippen molar-refractivity contribution in [3.63, 3.8) is 0 Å². The van der Waals surface area contributed by atoms with Crippen LogP contribution in [0.3, 0.4) is 0 Å². The summed E-state index contributed by atoms with van der Waals surface area (Å²) in [6.45, 7) is 1.90. The minimum atomic E-state index is -0.961. The maximum atomic E-state index is 12.1. The average molecular weight is 254 g/mol. The summed E-state index contributed by atoms with van der Waals surface area (Å²) in [7, 11) is 0. The number of aryl methyl sites for hydroxylation is 1. The molecule has 0 heterocycles. The second kappa shape index (κ2) is 5.48. The van der Waals surface area contributed by atoms with Crippen LogP contribution in [0.5, 0.6) is 0 Å². The van der Waals surface area contributed by atoms with Crippen LogP contribution in [-0.4, -0.2) is 16.9 Å². The number of aromatic carboxylic acids is 1. The van der Waals surface area contributed by atoms with Gasteiger partial charge in [-0.15, -0.1) is 0 Å². The summed E-state index contributed by atoms with van der Waals surface area (Å²) >= 11 is 0. The third-order valence-corrected chi connectivity index (χ3v) is 3.01. The van der Waals surface area contributed by atoms with Gasteiger partial charge in [0.15, 0.2) is 5.78 Å². The van der Waals surface area contributed by atoms with Crippen molar-refractivity contribution in [1.82, 2.24) is 0 Å². The Morgan fingerprint density at radius 1 is 1.00 bits per heavy atom. The molecule has 0 aliphatic rings. The van der Waals surface area contributed by atoms with Crippen molar-refractivity contribution < 1.29 is 14.7 Å². The Hall–Kier alpha value is -2.42. The first-order valence-corrected chi connectivity index (χ1v) is 5.99. The quantitative estimate of drug-likeness (QED) is 0.853. The fraction of sp³-hybridized carbons (Fsp3) is 0.125. The molecule has 0 bridgehead atoms. The predicted octanol–water partition coefficient (Wildman–Crippen LogP) is 3.12. The number of carbonyl (C=O) groups is 2. The molecule has 0 aliphatic carbocycles. The molecular weight excluding hydrogens is 240 g/mol. The van der Waals surface area contributed by atoms with Gasteiger partial charge in [-0.2, -0.15) is 0 Å². The van der Waals surface area contributed by atoms with E-state index in [2.05, 4.69) is 0 Å². The first-order chi connectivity index (χ1) is 9.08. The van der Waals surface area contributed by atoms with Crippen molar-refractivity contribution in [2.45, 2.75) is 13.3 Å². The molecule has 0 unspecified atom stereocenters. The molecule has 0 aliphatic heterocycles. The number of hydrogen-bond acceptors (Lipinski definition) is 2. The third kappa shape index (κ3) is 3.07. The minimum absolute atomic E-state index is 0.0428. The second-order valence-corrected chi connectivity index (χ2v) is 4.42. The SMILES string of the molecule is Cc1ccccc1C(=O)Cc1ccc(C(=O)O)cc1. The lowest BCUT2D eigenvalue weighted by atomic mass is 9.99. The minimum Gasteiger partial charge on any atom is -0.478 e. The predicted molar refractivity (Wildman–Crippen MR) is 72.6 cm³/mol. The summed E-state index contributed by atoms with van der Waals surface area (Å²) in [5.74, 6) is -0.919. The van der Waals surface area contributed by atoms with Crippen molar-refractivity contribution in [3.05, 3.63) is 70.8 Å². The average Bonchev–Trinajstić information content (AvgIpc) is 2.39. The Morgan fingerprint density at radius 3 is 2.21 bits per heavy atom. The van der Waals surface area contributed by atoms with Crippen LogP contribution in [0.2, 0.25) is 0 Å². The number of ketones is 1. The summed E-state index contributed by atoms with van der Waals surface area (Å²) in [4.78, 5) is 22.9. The molecule has 0 saturated heterocycles. The molecule has 0 fully saturated rings. The van der Waals surface area contributed by atoms with E-state index >= 15 is 0 Å². The number of benzene rings is 2. The van der Waals surface area contributed by atoms with Gasteiger partial charge in [-0.25, -0.2) is 4.79 Å². The summed E-state index contributed by atoms with van der Waals surface area (Å²) in [5, 5.41) is 8.81. The molecule has 0 amide bonds. The van der Waals surface area contributed by atoms with E-state index in [0.717, 1.165) is 11.1 Å². The lowest BCUT2D eigenvalue weighted by molar-refractivity contribution is 0.0696. The lowest BCUT2D eigenvalue weighted by Crippen LogP contribution is -2.06. The van der Waals surface area contributed by atoms with Crippen LogP contribution in [-0.2, 0) is 6.42 Å². The molecule has 0 saturated carbocycles. The second-order valence-electron chi connectivity index (χ2n) is 4.42. The fourth-order valence-electron chi connectivity index (χ4n) is 1.93. The molecule has 0 aromatic heterocycles. The molecule has 3 nitrogen and oxygen atoms in total. The largest absolute Gasteiger partial charge is 0.478 e. The van der Waals surface area contributed by atoms with E-state index in [1.807, 2.05) is 31.2 Å². The van der Waals surface area contributed by atoms with Crippen LogP contribution in [0, 0.1) is 6.92 Å². The van der Waals surface area contributed by atoms with Gasteiger partial charge in [0.05, 0.1) is 5.56 Å². The summed E-state index contributed by atoms with van der Waals surface area (Å²) < 4.78 is 0. The molecule has 0 radical (unpaired) electrons. The van der Waals surface area contributed by atoms with Crippen LogP contribution in [0.4, 0.5) is 0 Å². The number of carboxylic acid groups (broad SMARTS) is 1. The first-order valence-electron chi connectivity index (χ1n) is 5.99. The van der Waals surface area contributed by atoms with Crippen LogP contribution >= 0.6 is 0 Å². The van der Waals surface area contributed by atoms with Crippen LogP contribution in [0.15, 0.2) is 48.5 Å². The van der Waals surface area contributed by atoms with Gasteiger partial charge in [-0.3, -0.25) is 4.79 Å². The van der Waals surface area contributed by atoms with Crippen molar-refractivity contribution in [3.8, 4) is 0 Å². The number of hydrogen-bond donors (Lipinski definition) is 1. The topological polar surface area (TPSA) is 54.4 Å². The van der Waals surface area contributed by atoms with Gasteiger partial charge in [-0.1, -0.05) is 36.4 Å². The van der Waals surface area contributed by atoms with Gasteiger partial charge in [-0.05, 0) is 30.2 Å². The first kappa shape index (κ1) is 13.0. The van der Waals surface area contributed by atoms with Gasteiger partial charge in [0.1, 0.15) is 0 Å². The van der Waals surface area contributed by atoms with Crippen molar-refractivity contribution >= 4 is 11.8 Å². The smallest absolute Gasteiger partial charge is 0.335 e. The highest BCUT2D eigenvalue weighted by molar-refractivity contribution is 5.98. The van der Waals surface area contributed by atoms with Crippen LogP contribution < -0.4 is 0 Å². The standard InChI is InChI=1S/C16H14O3/c1-11-4-2-3-5-14(11)15(17)10-12-6-8-13(9-7-12)16(18)19/h2-9H,10H2,1H3,(H,18,19). The molecule has 2 aromatic rings. The van der Waals surface area contributed by atoms with Gasteiger partial charge in [0.2, 0.25) is 0 Å². The number of carbonyl (C=O) groups excluding carboxylic acids is 1. The van der Waals surface area contributed by atoms with Gasteiger partial charge in [0.25, 0.3) is 0 Å². The number of rotatable bonds is 4. The van der Waals surface area contributed by atoms with Gasteiger partial charge < -0.3 is 5.11 Å². The van der Waals surface area contributed by atoms with E-state index < -0.39 is 5.97 Å². The molecule has 2 aromatic carbocycles. The Morgan fingerprint density at radius 2 is 1.63 bits per heavy atom. The van der Waals surface area contributed by atoms with E-state index in [-0.39, 0.29) is 17.8 Å². The highest BCUT2D eigenvalue weighted by Crippen LogP contribution is 2.12. The van der Waals surface area contributed by atoms with Crippen molar-refractivity contribution in [1.29, 1.82) is 0 Å². The monoisotopic (exact) mass is 254 g/mol. The maximum Gasteiger partial charge on any atom is 0.335 e. The van der Waals surface area contributed by atoms with Gasteiger partial charge in [0, 0.05) is 12.0 Å². The molecule has 3 heteroatoms. The molecular formula is C16H14O3. The molecule has 2 rings (SSSR count). The molecule has 1 N–H and O–H groups in total. The molecule has 0 spiro atoms. The summed E-state index contributed by atoms with van der Waals surface area (Å²) in [5.41, 5.74) is 2.71. The Labute approximate surface area is 111 Å². The zero-order valence-electron chi connectivity index (χ0n) is 10.6. The summed E-state index contributed by atoms with van der Waals surface area (Å²) in [6.07, 6.45) is 0.282. The zero-order chi connectivity index (χ0) is 13.8. The Bertz CT molecular complexity index is 612. The lowest BCUT2D eigenvalue weighted by Gasteiger charge is -2.05. The number of carboxylic acids is 1. The van der Waals surface area contributed by atoms with E-state index in [9.17, 15) is 9.59 Å². The number of Topliss-reactive ketones (excluding diaryl/α,β-unsaturated/α-hetero) is 1. The highest BCUT2D eigenvalue weighted by Gasteiger charge is 2.10. The zero-order valence-corrected chi connectivity index (χ0v) is 10.6. The third-order valence-electron chi connectivity index (χ3n) is 3.01. The fourth-order valence-corrected chi connectivity index (χ4v) is 1.93. The molecule has 96 valence electrons. The highest BCUT2D eigenvalue weighted by atomic mass is 16.4. The van der Waals surface area contributed by atoms with E-state index in [1.165, 1.54) is 12.1 Å².